The summed E-state index contributed by atoms with van der Waals surface area (Å²) in [4.78, 5) is 27.1. The fraction of sp³-hybridized carbons (Fsp3) is 0.524. The summed E-state index contributed by atoms with van der Waals surface area (Å²) in [6.45, 7) is 5.51. The number of likely N-dealkylation sites (tertiary alicyclic amines) is 1. The predicted octanol–water partition coefficient (Wildman–Crippen LogP) is 2.26. The Morgan fingerprint density at radius 2 is 1.81 bits per heavy atom. The van der Waals surface area contributed by atoms with Gasteiger partial charge in [0, 0.05) is 25.6 Å². The first-order valence-corrected chi connectivity index (χ1v) is 10.1. The molecule has 8 nitrogen and oxygen atoms in total. The molecular weight excluding hydrogens is 427 g/mol. The molecule has 1 aromatic carbocycles. The lowest BCUT2D eigenvalue weighted by Gasteiger charge is -2.34. The lowest BCUT2D eigenvalue weighted by molar-refractivity contribution is -0.144. The number of halogens is 3. The van der Waals surface area contributed by atoms with E-state index < -0.39 is 41.2 Å². The normalized spacial score (nSPS) is 20.3. The van der Waals surface area contributed by atoms with Gasteiger partial charge in [0.1, 0.15) is 17.8 Å². The number of β-amino-alcohol motifs (C(OH)–C–C–N with tert-alkyl or cyclic N) is 1. The Hall–Kier alpha value is -2.95. The Kier molecular flexibility index (Phi) is 6.32. The van der Waals surface area contributed by atoms with E-state index in [9.17, 15) is 27.9 Å². The van der Waals surface area contributed by atoms with Crippen LogP contribution in [0.4, 0.5) is 13.2 Å². The van der Waals surface area contributed by atoms with E-state index in [1.165, 1.54) is 35.0 Å². The molecule has 0 aliphatic carbocycles. The van der Waals surface area contributed by atoms with Gasteiger partial charge in [0.25, 0.3) is 0 Å². The minimum absolute atomic E-state index is 0.0178. The predicted molar refractivity (Wildman–Crippen MR) is 109 cm³/mol. The molecule has 2 amide bonds. The zero-order valence-corrected chi connectivity index (χ0v) is 18.2. The number of carbonyl (C=O) groups excluding carboxylic acids is 2. The summed E-state index contributed by atoms with van der Waals surface area (Å²) >= 11 is 0. The van der Waals surface area contributed by atoms with Crippen molar-refractivity contribution >= 4 is 11.8 Å². The number of aromatic nitrogens is 3. The van der Waals surface area contributed by atoms with Crippen LogP contribution in [0.1, 0.15) is 38.8 Å². The zero-order valence-electron chi connectivity index (χ0n) is 18.2. The van der Waals surface area contributed by atoms with Crippen molar-refractivity contribution in [2.45, 2.75) is 51.6 Å². The van der Waals surface area contributed by atoms with Gasteiger partial charge in [0.2, 0.25) is 11.8 Å². The number of aliphatic hydroxyl groups is 1. The molecule has 1 aliphatic heterocycles. The third-order valence-electron chi connectivity index (χ3n) is 5.45. The Labute approximate surface area is 183 Å². The highest BCUT2D eigenvalue weighted by Crippen LogP contribution is 2.35. The molecule has 3 atom stereocenters. The third kappa shape index (κ3) is 4.77. The van der Waals surface area contributed by atoms with E-state index in [-0.39, 0.29) is 18.9 Å². The highest BCUT2D eigenvalue weighted by atomic mass is 19.4. The van der Waals surface area contributed by atoms with Gasteiger partial charge in [-0.2, -0.15) is 13.2 Å². The number of nitrogens with zero attached hydrogens (tertiary/aromatic N) is 4. The van der Waals surface area contributed by atoms with Crippen LogP contribution in [0.15, 0.2) is 30.5 Å². The zero-order chi connectivity index (χ0) is 23.8. The fourth-order valence-corrected chi connectivity index (χ4v) is 3.88. The van der Waals surface area contributed by atoms with Crippen molar-refractivity contribution in [3.63, 3.8) is 0 Å². The van der Waals surface area contributed by atoms with Gasteiger partial charge >= 0.3 is 6.18 Å². The second-order valence-electron chi connectivity index (χ2n) is 8.94. The molecule has 0 spiro atoms. The molecule has 2 aromatic rings. The van der Waals surface area contributed by atoms with Crippen LogP contribution < -0.4 is 5.32 Å². The topological polar surface area (TPSA) is 100 Å². The molecule has 1 saturated heterocycles. The lowest BCUT2D eigenvalue weighted by atomic mass is 9.85. The number of rotatable bonds is 4. The summed E-state index contributed by atoms with van der Waals surface area (Å²) in [5, 5.41) is 20.7. The molecule has 11 heteroatoms. The molecule has 1 fully saturated rings. The second-order valence-corrected chi connectivity index (χ2v) is 8.94. The van der Waals surface area contributed by atoms with Gasteiger partial charge < -0.3 is 15.3 Å². The molecule has 0 radical (unpaired) electrons. The molecule has 0 bridgehead atoms. The summed E-state index contributed by atoms with van der Waals surface area (Å²) in [5.41, 5.74) is -0.679. The number of carbonyl (C=O) groups is 2. The Bertz CT molecular complexity index is 982. The smallest absolute Gasteiger partial charge is 0.391 e. The van der Waals surface area contributed by atoms with Gasteiger partial charge in [-0.05, 0) is 17.5 Å². The molecule has 3 rings (SSSR count). The van der Waals surface area contributed by atoms with Crippen molar-refractivity contribution in [1.82, 2.24) is 25.2 Å². The van der Waals surface area contributed by atoms with Crippen LogP contribution in [0.5, 0.6) is 0 Å². The van der Waals surface area contributed by atoms with E-state index in [2.05, 4.69) is 15.6 Å². The number of benzene rings is 1. The quantitative estimate of drug-likeness (QED) is 0.740. The molecule has 2 N–H and O–H groups in total. The number of amides is 2. The lowest BCUT2D eigenvalue weighted by Crippen LogP contribution is -2.49. The van der Waals surface area contributed by atoms with Gasteiger partial charge in [-0.25, -0.2) is 4.68 Å². The molecule has 0 saturated carbocycles. The average Bonchev–Trinajstić information content (AvgIpc) is 3.33. The van der Waals surface area contributed by atoms with E-state index in [4.69, 9.17) is 0 Å². The highest BCUT2D eigenvalue weighted by Gasteiger charge is 2.45. The van der Waals surface area contributed by atoms with E-state index in [0.717, 1.165) is 12.1 Å². The number of likely N-dealkylation sites (N-methyl/N-ethyl adjacent to an activating group) is 1. The van der Waals surface area contributed by atoms with Crippen molar-refractivity contribution in [3.05, 3.63) is 36.0 Å². The maximum Gasteiger partial charge on any atom is 0.416 e. The van der Waals surface area contributed by atoms with Gasteiger partial charge in [-0.1, -0.05) is 38.1 Å². The van der Waals surface area contributed by atoms with Crippen LogP contribution >= 0.6 is 0 Å². The number of alkyl halides is 3. The number of nitrogens with one attached hydrogen (secondary N) is 1. The van der Waals surface area contributed by atoms with Crippen LogP contribution in [0.25, 0.3) is 11.3 Å². The first-order chi connectivity index (χ1) is 14.8. The number of aliphatic hydroxyl groups excluding tert-OH is 1. The Morgan fingerprint density at radius 3 is 2.34 bits per heavy atom. The van der Waals surface area contributed by atoms with Crippen molar-refractivity contribution < 1.29 is 27.9 Å². The molecule has 32 heavy (non-hydrogen) atoms. The maximum absolute atomic E-state index is 13.5. The molecule has 2 heterocycles. The minimum Gasteiger partial charge on any atom is -0.391 e. The molecule has 0 unspecified atom stereocenters. The molecular formula is C21H26F3N5O3. The SMILES string of the molecule is CNC(=O)[C@@H]1C[C@@H](O)CN1C(=O)[C@@H](n1cc(-c2ccc(C(F)(F)F)cc2)nn1)C(C)(C)C. The summed E-state index contributed by atoms with van der Waals surface area (Å²) in [6.07, 6.45) is -3.63. The maximum atomic E-state index is 13.5. The number of hydrogen-bond acceptors (Lipinski definition) is 5. The standard InChI is InChI=1S/C21H26F3N5O3/c1-20(2,3)17(19(32)28-10-14(30)9-16(28)18(31)25-4)29-11-15(26-27-29)12-5-7-13(8-6-12)21(22,23)24/h5-8,11,14,16-17,30H,9-10H2,1-4H3,(H,25,31)/t14-,16+,17-/m1/s1. The van der Waals surface area contributed by atoms with Crippen LogP contribution in [-0.2, 0) is 15.8 Å². The first kappa shape index (κ1) is 23.7. The monoisotopic (exact) mass is 453 g/mol. The summed E-state index contributed by atoms with van der Waals surface area (Å²) in [7, 11) is 1.46. The van der Waals surface area contributed by atoms with E-state index in [1.807, 2.05) is 20.8 Å². The first-order valence-electron chi connectivity index (χ1n) is 10.1. The Morgan fingerprint density at radius 1 is 1.19 bits per heavy atom. The second kappa shape index (κ2) is 8.53. The molecule has 1 aromatic heterocycles. The summed E-state index contributed by atoms with van der Waals surface area (Å²) in [5.74, 6) is -0.766. The van der Waals surface area contributed by atoms with E-state index >= 15 is 0 Å². The van der Waals surface area contributed by atoms with Crippen LogP contribution in [0.3, 0.4) is 0 Å². The van der Waals surface area contributed by atoms with Crippen molar-refractivity contribution in [2.75, 3.05) is 13.6 Å². The summed E-state index contributed by atoms with van der Waals surface area (Å²) < 4.78 is 39.8. The highest BCUT2D eigenvalue weighted by molar-refractivity contribution is 5.90. The van der Waals surface area contributed by atoms with Gasteiger partial charge in [-0.3, -0.25) is 9.59 Å². The summed E-state index contributed by atoms with van der Waals surface area (Å²) in [6, 6.07) is 2.86. The largest absolute Gasteiger partial charge is 0.416 e. The van der Waals surface area contributed by atoms with Crippen LogP contribution in [0, 0.1) is 5.41 Å². The van der Waals surface area contributed by atoms with Crippen LogP contribution in [-0.4, -0.2) is 62.6 Å². The van der Waals surface area contributed by atoms with Gasteiger partial charge in [0.05, 0.1) is 17.9 Å². The molecule has 174 valence electrons. The van der Waals surface area contributed by atoms with E-state index in [1.54, 1.807) is 0 Å². The van der Waals surface area contributed by atoms with Crippen molar-refractivity contribution in [3.8, 4) is 11.3 Å². The fourth-order valence-electron chi connectivity index (χ4n) is 3.88. The van der Waals surface area contributed by atoms with Crippen molar-refractivity contribution in [2.24, 2.45) is 5.41 Å². The van der Waals surface area contributed by atoms with E-state index in [0.29, 0.717) is 11.3 Å². The average molecular weight is 453 g/mol. The van der Waals surface area contributed by atoms with Crippen LogP contribution in [0.2, 0.25) is 0 Å². The van der Waals surface area contributed by atoms with Gasteiger partial charge in [0.15, 0.2) is 0 Å². The molecule has 1 aliphatic rings. The minimum atomic E-state index is -4.44. The number of hydrogen-bond donors (Lipinski definition) is 2. The third-order valence-corrected chi connectivity index (χ3v) is 5.45. The van der Waals surface area contributed by atoms with Crippen molar-refractivity contribution in [1.29, 1.82) is 0 Å². The Balaban J connectivity index is 1.92. The van der Waals surface area contributed by atoms with Gasteiger partial charge in [-0.15, -0.1) is 5.10 Å².